The van der Waals surface area contributed by atoms with E-state index in [9.17, 15) is 0 Å². The summed E-state index contributed by atoms with van der Waals surface area (Å²) in [6.45, 7) is 11.9. The van der Waals surface area contributed by atoms with Crippen LogP contribution in [0.15, 0.2) is 0 Å². The van der Waals surface area contributed by atoms with E-state index in [1.807, 2.05) is 0 Å². The largest absolute Gasteiger partial charge is 0.315 e. The van der Waals surface area contributed by atoms with Crippen LogP contribution in [-0.4, -0.2) is 62.2 Å². The standard InChI is InChI=1S/C15H33N3/c1-4-6-7-9-16-10-13-18-12-8-11-17(3)14-15(18)5-2/h15-16H,4-14H2,1-3H3. The van der Waals surface area contributed by atoms with Crippen molar-refractivity contribution in [2.24, 2.45) is 0 Å². The molecule has 0 radical (unpaired) electrons. The lowest BCUT2D eigenvalue weighted by atomic mass is 10.2. The topological polar surface area (TPSA) is 18.5 Å². The monoisotopic (exact) mass is 255 g/mol. The highest BCUT2D eigenvalue weighted by Gasteiger charge is 2.20. The summed E-state index contributed by atoms with van der Waals surface area (Å²) in [4.78, 5) is 5.18. The fraction of sp³-hybridized carbons (Fsp3) is 1.00. The van der Waals surface area contributed by atoms with E-state index in [1.165, 1.54) is 64.8 Å². The predicted molar refractivity (Wildman–Crippen MR) is 80.2 cm³/mol. The Hall–Kier alpha value is -0.120. The Balaban J connectivity index is 2.17. The second-order valence-electron chi connectivity index (χ2n) is 5.67. The Morgan fingerprint density at radius 1 is 1.11 bits per heavy atom. The highest BCUT2D eigenvalue weighted by Crippen LogP contribution is 2.11. The van der Waals surface area contributed by atoms with Crippen LogP contribution in [0.2, 0.25) is 0 Å². The second kappa shape index (κ2) is 9.76. The van der Waals surface area contributed by atoms with Crippen LogP contribution in [-0.2, 0) is 0 Å². The molecule has 1 fully saturated rings. The van der Waals surface area contributed by atoms with Crippen molar-refractivity contribution in [3.63, 3.8) is 0 Å². The molecule has 0 amide bonds. The molecule has 0 spiro atoms. The van der Waals surface area contributed by atoms with Gasteiger partial charge in [0.05, 0.1) is 0 Å². The molecule has 108 valence electrons. The lowest BCUT2D eigenvalue weighted by Crippen LogP contribution is -2.43. The van der Waals surface area contributed by atoms with Crippen LogP contribution in [0, 0.1) is 0 Å². The Morgan fingerprint density at radius 2 is 1.94 bits per heavy atom. The predicted octanol–water partition coefficient (Wildman–Crippen LogP) is 2.18. The Morgan fingerprint density at radius 3 is 2.67 bits per heavy atom. The van der Waals surface area contributed by atoms with Crippen molar-refractivity contribution >= 4 is 0 Å². The smallest absolute Gasteiger partial charge is 0.0220 e. The molecule has 0 saturated carbocycles. The van der Waals surface area contributed by atoms with Gasteiger partial charge in [0.15, 0.2) is 0 Å². The third kappa shape index (κ3) is 6.17. The highest BCUT2D eigenvalue weighted by atomic mass is 15.2. The van der Waals surface area contributed by atoms with E-state index < -0.39 is 0 Å². The van der Waals surface area contributed by atoms with E-state index in [2.05, 4.69) is 36.0 Å². The molecule has 3 heteroatoms. The first-order valence-electron chi connectivity index (χ1n) is 7.91. The third-order valence-electron chi connectivity index (χ3n) is 4.03. The van der Waals surface area contributed by atoms with Gasteiger partial charge in [-0.15, -0.1) is 0 Å². The number of unbranched alkanes of at least 4 members (excludes halogenated alkanes) is 2. The Kier molecular flexibility index (Phi) is 8.64. The van der Waals surface area contributed by atoms with Crippen molar-refractivity contribution in [3.8, 4) is 0 Å². The molecule has 0 aromatic carbocycles. The summed E-state index contributed by atoms with van der Waals surface area (Å²) >= 11 is 0. The summed E-state index contributed by atoms with van der Waals surface area (Å²) in [5.74, 6) is 0. The molecule has 1 aliphatic heterocycles. The lowest BCUT2D eigenvalue weighted by Gasteiger charge is -2.30. The number of hydrogen-bond acceptors (Lipinski definition) is 3. The molecule has 1 atom stereocenters. The minimum atomic E-state index is 0.759. The van der Waals surface area contributed by atoms with E-state index >= 15 is 0 Å². The summed E-state index contributed by atoms with van der Waals surface area (Å²) in [5, 5.41) is 3.59. The number of likely N-dealkylation sites (N-methyl/N-ethyl adjacent to an activating group) is 1. The van der Waals surface area contributed by atoms with Crippen molar-refractivity contribution in [1.82, 2.24) is 15.1 Å². The SMILES string of the molecule is CCCCCNCCN1CCCN(C)CC1CC. The van der Waals surface area contributed by atoms with Crippen LogP contribution in [0.5, 0.6) is 0 Å². The molecule has 1 N–H and O–H groups in total. The zero-order valence-corrected chi connectivity index (χ0v) is 12.7. The van der Waals surface area contributed by atoms with Crippen LogP contribution in [0.3, 0.4) is 0 Å². The average Bonchev–Trinajstić information content (AvgIpc) is 2.55. The summed E-state index contributed by atoms with van der Waals surface area (Å²) in [5.41, 5.74) is 0. The fourth-order valence-corrected chi connectivity index (χ4v) is 2.82. The Bertz CT molecular complexity index is 196. The summed E-state index contributed by atoms with van der Waals surface area (Å²) in [7, 11) is 2.26. The third-order valence-corrected chi connectivity index (χ3v) is 4.03. The van der Waals surface area contributed by atoms with Gasteiger partial charge in [-0.2, -0.15) is 0 Å². The van der Waals surface area contributed by atoms with Crippen molar-refractivity contribution < 1.29 is 0 Å². The van der Waals surface area contributed by atoms with E-state index in [4.69, 9.17) is 0 Å². The van der Waals surface area contributed by atoms with Gasteiger partial charge in [0.25, 0.3) is 0 Å². The van der Waals surface area contributed by atoms with Gasteiger partial charge < -0.3 is 10.2 Å². The molecule has 0 bridgehead atoms. The van der Waals surface area contributed by atoms with Crippen LogP contribution < -0.4 is 5.32 Å². The van der Waals surface area contributed by atoms with Crippen molar-refractivity contribution in [2.45, 2.75) is 52.0 Å². The lowest BCUT2D eigenvalue weighted by molar-refractivity contribution is 0.184. The van der Waals surface area contributed by atoms with E-state index in [-0.39, 0.29) is 0 Å². The van der Waals surface area contributed by atoms with Gasteiger partial charge in [-0.1, -0.05) is 26.7 Å². The molecular weight excluding hydrogens is 222 g/mol. The molecule has 0 aromatic rings. The first kappa shape index (κ1) is 15.9. The van der Waals surface area contributed by atoms with Gasteiger partial charge in [-0.05, 0) is 45.9 Å². The maximum absolute atomic E-state index is 3.59. The van der Waals surface area contributed by atoms with Crippen LogP contribution in [0.1, 0.15) is 46.0 Å². The minimum Gasteiger partial charge on any atom is -0.315 e. The van der Waals surface area contributed by atoms with Gasteiger partial charge in [0.2, 0.25) is 0 Å². The van der Waals surface area contributed by atoms with Crippen LogP contribution in [0.4, 0.5) is 0 Å². The van der Waals surface area contributed by atoms with Crippen molar-refractivity contribution in [2.75, 3.05) is 46.3 Å². The number of nitrogens with one attached hydrogen (secondary N) is 1. The van der Waals surface area contributed by atoms with E-state index in [1.54, 1.807) is 0 Å². The van der Waals surface area contributed by atoms with Crippen LogP contribution >= 0.6 is 0 Å². The van der Waals surface area contributed by atoms with E-state index in [0.717, 1.165) is 12.6 Å². The summed E-state index contributed by atoms with van der Waals surface area (Å²) < 4.78 is 0. The molecule has 18 heavy (non-hydrogen) atoms. The first-order valence-corrected chi connectivity index (χ1v) is 7.91. The number of nitrogens with zero attached hydrogens (tertiary/aromatic N) is 2. The number of hydrogen-bond donors (Lipinski definition) is 1. The molecule has 1 heterocycles. The minimum absolute atomic E-state index is 0.759. The van der Waals surface area contributed by atoms with Crippen molar-refractivity contribution in [1.29, 1.82) is 0 Å². The molecule has 1 aliphatic rings. The normalized spacial score (nSPS) is 23.2. The quantitative estimate of drug-likeness (QED) is 0.671. The molecule has 1 rings (SSSR count). The number of rotatable bonds is 8. The maximum Gasteiger partial charge on any atom is 0.0220 e. The fourth-order valence-electron chi connectivity index (χ4n) is 2.82. The van der Waals surface area contributed by atoms with Gasteiger partial charge in [-0.3, -0.25) is 4.90 Å². The van der Waals surface area contributed by atoms with Gasteiger partial charge in [0.1, 0.15) is 0 Å². The van der Waals surface area contributed by atoms with Crippen LogP contribution in [0.25, 0.3) is 0 Å². The average molecular weight is 255 g/mol. The zero-order chi connectivity index (χ0) is 13.2. The molecule has 0 aromatic heterocycles. The van der Waals surface area contributed by atoms with E-state index in [0.29, 0.717) is 0 Å². The first-order chi connectivity index (χ1) is 8.77. The second-order valence-corrected chi connectivity index (χ2v) is 5.67. The Labute approximate surface area is 114 Å². The van der Waals surface area contributed by atoms with Gasteiger partial charge in [0, 0.05) is 25.7 Å². The van der Waals surface area contributed by atoms with Gasteiger partial charge >= 0.3 is 0 Å². The molecular formula is C15H33N3. The molecule has 3 nitrogen and oxygen atoms in total. The van der Waals surface area contributed by atoms with Crippen molar-refractivity contribution in [3.05, 3.63) is 0 Å². The molecule has 1 unspecified atom stereocenters. The molecule has 1 saturated heterocycles. The zero-order valence-electron chi connectivity index (χ0n) is 12.7. The summed E-state index contributed by atoms with van der Waals surface area (Å²) in [6, 6.07) is 0.759. The maximum atomic E-state index is 3.59. The molecule has 0 aliphatic carbocycles. The van der Waals surface area contributed by atoms with Gasteiger partial charge in [-0.25, -0.2) is 0 Å². The highest BCUT2D eigenvalue weighted by molar-refractivity contribution is 4.78. The summed E-state index contributed by atoms with van der Waals surface area (Å²) in [6.07, 6.45) is 6.61.